The number of carbonyl (C=O) groups is 2. The molecule has 3 aromatic rings. The Labute approximate surface area is 209 Å². The summed E-state index contributed by atoms with van der Waals surface area (Å²) in [5, 5.41) is 12.7. The first-order valence-electron chi connectivity index (χ1n) is 12.0. The van der Waals surface area contributed by atoms with E-state index in [0.29, 0.717) is 40.6 Å². The van der Waals surface area contributed by atoms with Crippen LogP contribution in [0.4, 0.5) is 5.82 Å². The Bertz CT molecular complexity index is 1330. The predicted molar refractivity (Wildman–Crippen MR) is 135 cm³/mol. The lowest BCUT2D eigenvalue weighted by atomic mass is 9.98. The largest absolute Gasteiger partial charge is 0.484 e. The van der Waals surface area contributed by atoms with Crippen molar-refractivity contribution in [1.82, 2.24) is 9.88 Å². The van der Waals surface area contributed by atoms with Crippen LogP contribution in [-0.4, -0.2) is 52.1 Å². The number of benzene rings is 2. The maximum absolute atomic E-state index is 13.1. The van der Waals surface area contributed by atoms with Crippen molar-refractivity contribution < 1.29 is 24.2 Å². The molecular formula is C28H29N3O5. The van der Waals surface area contributed by atoms with Crippen molar-refractivity contribution in [1.29, 1.82) is 0 Å². The molecule has 0 spiro atoms. The Morgan fingerprint density at radius 2 is 1.97 bits per heavy atom. The number of fused-ring (bicyclic) bond motifs is 1. The average Bonchev–Trinajstić information content (AvgIpc) is 3.16. The highest BCUT2D eigenvalue weighted by Gasteiger charge is 2.37. The second-order valence-electron chi connectivity index (χ2n) is 9.74. The van der Waals surface area contributed by atoms with Gasteiger partial charge < -0.3 is 24.8 Å². The Balaban J connectivity index is 1.44. The standard InChI is InChI=1S/C28H29N3O5/c1-17-5-8-25(29-15-17)30-26(33)19-12-23(22-14-28(3,16-32)36-24(22)13-19)35-20-6-7-21(18(2)11-20)27(34)31-9-4-10-31/h5-8,11-13,15,32H,4,9-10,14,16H2,1-3H3,(H,29,30,33). The summed E-state index contributed by atoms with van der Waals surface area (Å²) >= 11 is 0. The summed E-state index contributed by atoms with van der Waals surface area (Å²) in [5.41, 5.74) is 2.77. The normalized spacial score (nSPS) is 18.2. The fourth-order valence-electron chi connectivity index (χ4n) is 4.36. The molecule has 0 bridgehead atoms. The van der Waals surface area contributed by atoms with E-state index in [4.69, 9.17) is 9.47 Å². The van der Waals surface area contributed by atoms with Gasteiger partial charge in [-0.25, -0.2) is 4.98 Å². The fraction of sp³-hybridized carbons (Fsp3) is 0.321. The Hall–Kier alpha value is -3.91. The lowest BCUT2D eigenvalue weighted by molar-refractivity contribution is 0.0445. The van der Waals surface area contributed by atoms with Crippen LogP contribution < -0.4 is 14.8 Å². The van der Waals surface area contributed by atoms with Crippen LogP contribution in [0, 0.1) is 13.8 Å². The average molecular weight is 488 g/mol. The minimum Gasteiger partial charge on any atom is -0.484 e. The number of nitrogens with one attached hydrogen (secondary N) is 1. The van der Waals surface area contributed by atoms with Gasteiger partial charge in [0, 0.05) is 42.4 Å². The first kappa shape index (κ1) is 23.8. The van der Waals surface area contributed by atoms with Crippen LogP contribution in [-0.2, 0) is 6.42 Å². The number of amides is 2. The maximum Gasteiger partial charge on any atom is 0.257 e. The lowest BCUT2D eigenvalue weighted by Gasteiger charge is -2.31. The Morgan fingerprint density at radius 1 is 1.17 bits per heavy atom. The number of aryl methyl sites for hydroxylation is 2. The molecule has 2 aliphatic rings. The number of rotatable bonds is 6. The van der Waals surface area contributed by atoms with Crippen LogP contribution in [0.5, 0.6) is 17.2 Å². The van der Waals surface area contributed by atoms with Crippen LogP contribution in [0.3, 0.4) is 0 Å². The number of pyridine rings is 1. The fourth-order valence-corrected chi connectivity index (χ4v) is 4.36. The molecule has 2 N–H and O–H groups in total. The molecule has 3 heterocycles. The number of hydrogen-bond donors (Lipinski definition) is 2. The zero-order valence-corrected chi connectivity index (χ0v) is 20.6. The van der Waals surface area contributed by atoms with Gasteiger partial charge >= 0.3 is 0 Å². The monoisotopic (exact) mass is 487 g/mol. The molecule has 0 radical (unpaired) electrons. The van der Waals surface area contributed by atoms with Crippen LogP contribution in [0.2, 0.25) is 0 Å². The SMILES string of the molecule is Cc1ccc(NC(=O)c2cc(Oc3ccc(C(=O)N4CCC4)c(C)c3)c3c(c2)OC(C)(CO)C3)nc1. The molecule has 0 aliphatic carbocycles. The minimum atomic E-state index is -0.808. The van der Waals surface area contributed by atoms with Gasteiger partial charge in [0.05, 0.1) is 6.61 Å². The number of hydrogen-bond acceptors (Lipinski definition) is 6. The van der Waals surface area contributed by atoms with Crippen LogP contribution in [0.1, 0.15) is 50.8 Å². The summed E-state index contributed by atoms with van der Waals surface area (Å²) in [6.07, 6.45) is 3.15. The molecule has 2 aromatic carbocycles. The molecule has 8 heteroatoms. The van der Waals surface area contributed by atoms with E-state index in [9.17, 15) is 14.7 Å². The number of aliphatic hydroxyl groups is 1. The van der Waals surface area contributed by atoms with E-state index >= 15 is 0 Å². The van der Waals surface area contributed by atoms with E-state index in [1.54, 1.807) is 36.5 Å². The topological polar surface area (TPSA) is 101 Å². The summed E-state index contributed by atoms with van der Waals surface area (Å²) < 4.78 is 12.3. The number of ether oxygens (including phenoxy) is 2. The molecule has 8 nitrogen and oxygen atoms in total. The number of carbonyl (C=O) groups excluding carboxylic acids is 2. The maximum atomic E-state index is 13.1. The summed E-state index contributed by atoms with van der Waals surface area (Å²) in [6, 6.07) is 12.3. The molecule has 1 aromatic heterocycles. The summed E-state index contributed by atoms with van der Waals surface area (Å²) in [5.74, 6) is 1.62. The van der Waals surface area contributed by atoms with Crippen molar-refractivity contribution in [2.75, 3.05) is 25.0 Å². The highest BCUT2D eigenvalue weighted by Crippen LogP contribution is 2.43. The lowest BCUT2D eigenvalue weighted by Crippen LogP contribution is -2.42. The van der Waals surface area contributed by atoms with Crippen molar-refractivity contribution >= 4 is 17.6 Å². The quantitative estimate of drug-likeness (QED) is 0.538. The molecule has 1 saturated heterocycles. The molecule has 36 heavy (non-hydrogen) atoms. The number of aromatic nitrogens is 1. The third kappa shape index (κ3) is 4.64. The molecule has 5 rings (SSSR count). The number of nitrogens with zero attached hydrogens (tertiary/aromatic N) is 2. The van der Waals surface area contributed by atoms with Gasteiger partial charge in [0.2, 0.25) is 0 Å². The van der Waals surface area contributed by atoms with E-state index in [-0.39, 0.29) is 18.4 Å². The van der Waals surface area contributed by atoms with Crippen LogP contribution >= 0.6 is 0 Å². The smallest absolute Gasteiger partial charge is 0.257 e. The molecule has 2 amide bonds. The van der Waals surface area contributed by atoms with E-state index in [1.807, 2.05) is 37.8 Å². The van der Waals surface area contributed by atoms with E-state index < -0.39 is 5.60 Å². The zero-order valence-electron chi connectivity index (χ0n) is 20.6. The highest BCUT2D eigenvalue weighted by molar-refractivity contribution is 6.04. The zero-order chi connectivity index (χ0) is 25.4. The second-order valence-corrected chi connectivity index (χ2v) is 9.74. The number of aliphatic hydroxyl groups excluding tert-OH is 1. The van der Waals surface area contributed by atoms with Gasteiger partial charge in [-0.05, 0) is 74.7 Å². The predicted octanol–water partition coefficient (Wildman–Crippen LogP) is 4.27. The number of likely N-dealkylation sites (tertiary alicyclic amines) is 1. The van der Waals surface area contributed by atoms with Gasteiger partial charge in [0.1, 0.15) is 28.7 Å². The Morgan fingerprint density at radius 3 is 2.61 bits per heavy atom. The summed E-state index contributed by atoms with van der Waals surface area (Å²) in [7, 11) is 0. The molecular weight excluding hydrogens is 458 g/mol. The summed E-state index contributed by atoms with van der Waals surface area (Å²) in [6.45, 7) is 7.02. The molecule has 1 fully saturated rings. The molecule has 1 atom stereocenters. The van der Waals surface area contributed by atoms with Gasteiger partial charge in [-0.1, -0.05) is 6.07 Å². The molecule has 0 saturated carbocycles. The molecule has 186 valence electrons. The third-order valence-electron chi connectivity index (χ3n) is 6.62. The van der Waals surface area contributed by atoms with Crippen molar-refractivity contribution in [3.8, 4) is 17.2 Å². The number of anilines is 1. The second kappa shape index (κ2) is 9.28. The van der Waals surface area contributed by atoms with Gasteiger partial charge in [-0.3, -0.25) is 9.59 Å². The van der Waals surface area contributed by atoms with Gasteiger partial charge in [0.25, 0.3) is 11.8 Å². The minimum absolute atomic E-state index is 0.0293. The first-order valence-corrected chi connectivity index (χ1v) is 12.0. The summed E-state index contributed by atoms with van der Waals surface area (Å²) in [4.78, 5) is 31.8. The van der Waals surface area contributed by atoms with Gasteiger partial charge in [0.15, 0.2) is 0 Å². The molecule has 2 aliphatic heterocycles. The third-order valence-corrected chi connectivity index (χ3v) is 6.62. The first-order chi connectivity index (χ1) is 17.2. The van der Waals surface area contributed by atoms with E-state index in [0.717, 1.165) is 36.2 Å². The van der Waals surface area contributed by atoms with Gasteiger partial charge in [-0.2, -0.15) is 0 Å². The van der Waals surface area contributed by atoms with Crippen LogP contribution in [0.25, 0.3) is 0 Å². The van der Waals surface area contributed by atoms with E-state index in [1.165, 1.54) is 0 Å². The van der Waals surface area contributed by atoms with E-state index in [2.05, 4.69) is 10.3 Å². The van der Waals surface area contributed by atoms with Crippen molar-refractivity contribution in [2.45, 2.75) is 39.2 Å². The van der Waals surface area contributed by atoms with Crippen molar-refractivity contribution in [3.05, 3.63) is 76.5 Å². The Kier molecular flexibility index (Phi) is 6.14. The van der Waals surface area contributed by atoms with Crippen LogP contribution in [0.15, 0.2) is 48.7 Å². The van der Waals surface area contributed by atoms with Gasteiger partial charge in [-0.15, -0.1) is 0 Å². The van der Waals surface area contributed by atoms with Crippen molar-refractivity contribution in [2.24, 2.45) is 0 Å². The molecule has 1 unspecified atom stereocenters. The highest BCUT2D eigenvalue weighted by atomic mass is 16.5. The van der Waals surface area contributed by atoms with Crippen molar-refractivity contribution in [3.63, 3.8) is 0 Å².